The van der Waals surface area contributed by atoms with Crippen LogP contribution in [0.15, 0.2) is 0 Å². The molecule has 0 aromatic heterocycles. The van der Waals surface area contributed by atoms with Crippen molar-refractivity contribution in [2.24, 2.45) is 0 Å². The van der Waals surface area contributed by atoms with E-state index < -0.39 is 23.0 Å². The molecule has 0 saturated carbocycles. The summed E-state index contributed by atoms with van der Waals surface area (Å²) in [6.07, 6.45) is 0.725. The Morgan fingerprint density at radius 3 is 1.50 bits per heavy atom. The standard InChI is InChI=1S/C9H15NO4/c1-8(6(11)12)4-5-9(2,7(13)14)10(8)3/h4-5H2,1-3H3,(H,11,12)(H,13,14)/t8-,9-/m1/s1. The van der Waals surface area contributed by atoms with E-state index in [1.54, 1.807) is 20.9 Å². The van der Waals surface area contributed by atoms with E-state index in [4.69, 9.17) is 10.2 Å². The van der Waals surface area contributed by atoms with E-state index in [9.17, 15) is 9.59 Å². The monoisotopic (exact) mass is 201 g/mol. The molecule has 0 amide bonds. The molecule has 1 aliphatic heterocycles. The van der Waals surface area contributed by atoms with E-state index in [0.717, 1.165) is 0 Å². The lowest BCUT2D eigenvalue weighted by Gasteiger charge is -2.35. The Labute approximate surface area is 82.3 Å². The molecule has 80 valence electrons. The Bertz CT molecular complexity index is 263. The van der Waals surface area contributed by atoms with Crippen LogP contribution in [0.4, 0.5) is 0 Å². The number of hydrogen-bond acceptors (Lipinski definition) is 3. The average Bonchev–Trinajstić information content (AvgIpc) is 2.32. The molecule has 0 unspecified atom stereocenters. The molecular weight excluding hydrogens is 186 g/mol. The van der Waals surface area contributed by atoms with Crippen LogP contribution in [0.1, 0.15) is 26.7 Å². The number of nitrogens with zero attached hydrogens (tertiary/aromatic N) is 1. The maximum Gasteiger partial charge on any atom is 0.323 e. The van der Waals surface area contributed by atoms with E-state index in [-0.39, 0.29) is 0 Å². The summed E-state index contributed by atoms with van der Waals surface area (Å²) < 4.78 is 0. The Morgan fingerprint density at radius 2 is 1.36 bits per heavy atom. The third-order valence-electron chi connectivity index (χ3n) is 3.50. The Kier molecular flexibility index (Phi) is 2.31. The van der Waals surface area contributed by atoms with Crippen molar-refractivity contribution in [3.63, 3.8) is 0 Å². The topological polar surface area (TPSA) is 77.8 Å². The van der Waals surface area contributed by atoms with E-state index in [2.05, 4.69) is 0 Å². The molecule has 1 rings (SSSR count). The maximum absolute atomic E-state index is 11.0. The highest BCUT2D eigenvalue weighted by Crippen LogP contribution is 2.39. The third-order valence-corrected chi connectivity index (χ3v) is 3.50. The van der Waals surface area contributed by atoms with Gasteiger partial charge in [-0.3, -0.25) is 14.5 Å². The van der Waals surface area contributed by atoms with Crippen molar-refractivity contribution in [3.8, 4) is 0 Å². The predicted octanol–water partition coefficient (Wildman–Crippen LogP) is 0.399. The summed E-state index contributed by atoms with van der Waals surface area (Å²) in [5.41, 5.74) is -2.12. The molecule has 5 heteroatoms. The molecule has 0 aromatic rings. The van der Waals surface area contributed by atoms with E-state index in [1.807, 2.05) is 0 Å². The molecule has 14 heavy (non-hydrogen) atoms. The van der Waals surface area contributed by atoms with Crippen LogP contribution in [0.25, 0.3) is 0 Å². The zero-order valence-electron chi connectivity index (χ0n) is 8.57. The molecule has 0 aromatic carbocycles. The summed E-state index contributed by atoms with van der Waals surface area (Å²) >= 11 is 0. The van der Waals surface area contributed by atoms with Crippen LogP contribution in [0.2, 0.25) is 0 Å². The van der Waals surface area contributed by atoms with Crippen LogP contribution in [0.5, 0.6) is 0 Å². The second-order valence-corrected chi connectivity index (χ2v) is 4.22. The van der Waals surface area contributed by atoms with Crippen LogP contribution < -0.4 is 0 Å². The fraction of sp³-hybridized carbons (Fsp3) is 0.778. The third kappa shape index (κ3) is 1.19. The first-order chi connectivity index (χ1) is 6.25. The summed E-state index contributed by atoms with van der Waals surface area (Å²) in [6.45, 7) is 3.12. The van der Waals surface area contributed by atoms with Gasteiger partial charge >= 0.3 is 11.9 Å². The number of carbonyl (C=O) groups is 2. The quantitative estimate of drug-likeness (QED) is 0.676. The van der Waals surface area contributed by atoms with Gasteiger partial charge in [0.15, 0.2) is 0 Å². The summed E-state index contributed by atoms with van der Waals surface area (Å²) in [7, 11) is 1.55. The van der Waals surface area contributed by atoms with Crippen molar-refractivity contribution in [1.82, 2.24) is 4.90 Å². The number of aliphatic carboxylic acids is 2. The number of hydrogen-bond donors (Lipinski definition) is 2. The zero-order chi connectivity index (χ0) is 11.1. The molecule has 1 aliphatic rings. The van der Waals surface area contributed by atoms with E-state index in [1.165, 1.54) is 4.90 Å². The number of likely N-dealkylation sites (N-methyl/N-ethyl adjacent to an activating group) is 1. The SMILES string of the molecule is CN1[C@@](C)(C(=O)O)CC[C@]1(C)C(=O)O. The molecule has 0 bridgehead atoms. The predicted molar refractivity (Wildman–Crippen MR) is 49.1 cm³/mol. The van der Waals surface area contributed by atoms with Crippen molar-refractivity contribution >= 4 is 11.9 Å². The molecule has 0 spiro atoms. The van der Waals surface area contributed by atoms with Crippen LogP contribution >= 0.6 is 0 Å². The van der Waals surface area contributed by atoms with Crippen molar-refractivity contribution in [2.75, 3.05) is 7.05 Å². The van der Waals surface area contributed by atoms with Crippen molar-refractivity contribution in [3.05, 3.63) is 0 Å². The van der Waals surface area contributed by atoms with Crippen LogP contribution in [0, 0.1) is 0 Å². The molecule has 1 fully saturated rings. The Hall–Kier alpha value is -1.10. The largest absolute Gasteiger partial charge is 0.480 e. The first-order valence-corrected chi connectivity index (χ1v) is 4.46. The molecule has 1 heterocycles. The minimum absolute atomic E-state index is 0.363. The van der Waals surface area contributed by atoms with Gasteiger partial charge in [-0.15, -0.1) is 0 Å². The highest BCUT2D eigenvalue weighted by atomic mass is 16.4. The van der Waals surface area contributed by atoms with E-state index >= 15 is 0 Å². The van der Waals surface area contributed by atoms with Gasteiger partial charge in [-0.05, 0) is 33.7 Å². The molecular formula is C9H15NO4. The van der Waals surface area contributed by atoms with Crippen molar-refractivity contribution in [2.45, 2.75) is 37.8 Å². The van der Waals surface area contributed by atoms with Gasteiger partial charge in [0.05, 0.1) is 0 Å². The average molecular weight is 201 g/mol. The Balaban J connectivity index is 3.05. The van der Waals surface area contributed by atoms with Crippen molar-refractivity contribution in [1.29, 1.82) is 0 Å². The van der Waals surface area contributed by atoms with Gasteiger partial charge in [-0.1, -0.05) is 0 Å². The molecule has 1 saturated heterocycles. The summed E-state index contributed by atoms with van der Waals surface area (Å²) in [4.78, 5) is 23.5. The lowest BCUT2D eigenvalue weighted by atomic mass is 9.98. The van der Waals surface area contributed by atoms with Crippen LogP contribution in [-0.4, -0.2) is 45.2 Å². The number of rotatable bonds is 2. The fourth-order valence-corrected chi connectivity index (χ4v) is 1.87. The van der Waals surface area contributed by atoms with Gasteiger partial charge in [0.25, 0.3) is 0 Å². The highest BCUT2D eigenvalue weighted by molar-refractivity contribution is 5.84. The first-order valence-electron chi connectivity index (χ1n) is 4.46. The highest BCUT2D eigenvalue weighted by Gasteiger charge is 2.55. The number of carboxylic acids is 2. The summed E-state index contributed by atoms with van der Waals surface area (Å²) in [6, 6.07) is 0. The zero-order valence-corrected chi connectivity index (χ0v) is 8.57. The number of likely N-dealkylation sites (tertiary alicyclic amines) is 1. The van der Waals surface area contributed by atoms with Gasteiger partial charge in [0, 0.05) is 0 Å². The smallest absolute Gasteiger partial charge is 0.323 e. The van der Waals surface area contributed by atoms with Gasteiger partial charge in [0.2, 0.25) is 0 Å². The Morgan fingerprint density at radius 1 is 1.07 bits per heavy atom. The van der Waals surface area contributed by atoms with Crippen LogP contribution in [0.3, 0.4) is 0 Å². The van der Waals surface area contributed by atoms with Crippen LogP contribution in [-0.2, 0) is 9.59 Å². The molecule has 2 N–H and O–H groups in total. The summed E-state index contributed by atoms with van der Waals surface area (Å²) in [5.74, 6) is -1.94. The van der Waals surface area contributed by atoms with E-state index in [0.29, 0.717) is 12.8 Å². The minimum atomic E-state index is -1.06. The number of carboxylic acid groups (broad SMARTS) is 2. The van der Waals surface area contributed by atoms with Gasteiger partial charge in [-0.2, -0.15) is 0 Å². The molecule has 5 nitrogen and oxygen atoms in total. The summed E-state index contributed by atoms with van der Waals surface area (Å²) in [5, 5.41) is 18.0. The minimum Gasteiger partial charge on any atom is -0.480 e. The normalized spacial score (nSPS) is 38.5. The van der Waals surface area contributed by atoms with Crippen molar-refractivity contribution < 1.29 is 19.8 Å². The lowest BCUT2D eigenvalue weighted by molar-refractivity contribution is -0.156. The molecule has 2 atom stereocenters. The lowest BCUT2D eigenvalue weighted by Crippen LogP contribution is -2.56. The fourth-order valence-electron chi connectivity index (χ4n) is 1.87. The van der Waals surface area contributed by atoms with Gasteiger partial charge < -0.3 is 10.2 Å². The maximum atomic E-state index is 11.0. The first kappa shape index (κ1) is 11.0. The van der Waals surface area contributed by atoms with Gasteiger partial charge in [0.1, 0.15) is 11.1 Å². The second-order valence-electron chi connectivity index (χ2n) is 4.22. The molecule has 0 aliphatic carbocycles. The van der Waals surface area contributed by atoms with Gasteiger partial charge in [-0.25, -0.2) is 0 Å². The second kappa shape index (κ2) is 2.95. The molecule has 0 radical (unpaired) electrons.